The summed E-state index contributed by atoms with van der Waals surface area (Å²) in [6.07, 6.45) is 2.53. The average molecular weight is 335 g/mol. The Balaban J connectivity index is 1.68. The van der Waals surface area contributed by atoms with E-state index >= 15 is 0 Å². The zero-order valence-corrected chi connectivity index (χ0v) is 14.7. The van der Waals surface area contributed by atoms with Crippen LogP contribution in [0.2, 0.25) is 0 Å². The quantitative estimate of drug-likeness (QED) is 0.841. The van der Waals surface area contributed by atoms with E-state index in [1.165, 1.54) is 24.0 Å². The highest BCUT2D eigenvalue weighted by molar-refractivity contribution is 5.36. The number of benzene rings is 2. The summed E-state index contributed by atoms with van der Waals surface area (Å²) in [6.45, 7) is 3.95. The highest BCUT2D eigenvalue weighted by Gasteiger charge is 2.25. The molecule has 2 aromatic rings. The Kier molecular flexibility index (Phi) is 6.05. The van der Waals surface area contributed by atoms with E-state index in [1.807, 2.05) is 36.4 Å². The first kappa shape index (κ1) is 17.5. The van der Waals surface area contributed by atoms with Crippen LogP contribution < -0.4 is 10.1 Å². The van der Waals surface area contributed by atoms with Crippen LogP contribution in [0.15, 0.2) is 48.5 Å². The van der Waals surface area contributed by atoms with Gasteiger partial charge < -0.3 is 10.1 Å². The first-order chi connectivity index (χ1) is 12.3. The van der Waals surface area contributed by atoms with Crippen molar-refractivity contribution in [1.82, 2.24) is 10.2 Å². The normalized spacial score (nSPS) is 15.7. The Morgan fingerprint density at radius 1 is 1.12 bits per heavy atom. The molecule has 0 spiro atoms. The van der Waals surface area contributed by atoms with Gasteiger partial charge in [0.1, 0.15) is 5.75 Å². The number of nitrogens with one attached hydrogen (secondary N) is 1. The molecular formula is C21H25N3O. The topological polar surface area (TPSA) is 48.3 Å². The predicted octanol–water partition coefficient (Wildman–Crippen LogP) is 3.49. The van der Waals surface area contributed by atoms with Gasteiger partial charge in [-0.25, -0.2) is 0 Å². The Hall–Kier alpha value is -2.35. The van der Waals surface area contributed by atoms with Crippen LogP contribution in [-0.2, 0) is 6.54 Å². The minimum atomic E-state index is 0.317. The van der Waals surface area contributed by atoms with Crippen LogP contribution in [0.3, 0.4) is 0 Å². The molecule has 1 heterocycles. The number of nitriles is 1. The third-order valence-corrected chi connectivity index (χ3v) is 4.83. The van der Waals surface area contributed by atoms with Gasteiger partial charge in [0.25, 0.3) is 0 Å². The van der Waals surface area contributed by atoms with Crippen LogP contribution in [0.4, 0.5) is 0 Å². The lowest BCUT2D eigenvalue weighted by Gasteiger charge is -2.29. The fourth-order valence-corrected chi connectivity index (χ4v) is 3.48. The van der Waals surface area contributed by atoms with Gasteiger partial charge in [-0.1, -0.05) is 30.3 Å². The fourth-order valence-electron chi connectivity index (χ4n) is 3.48. The summed E-state index contributed by atoms with van der Waals surface area (Å²) in [6, 6.07) is 18.6. The van der Waals surface area contributed by atoms with E-state index in [0.29, 0.717) is 11.6 Å². The van der Waals surface area contributed by atoms with Gasteiger partial charge in [0.15, 0.2) is 0 Å². The predicted molar refractivity (Wildman–Crippen MR) is 99.4 cm³/mol. The van der Waals surface area contributed by atoms with Gasteiger partial charge in [0.05, 0.1) is 24.8 Å². The van der Waals surface area contributed by atoms with Crippen molar-refractivity contribution >= 4 is 0 Å². The molecule has 0 amide bonds. The first-order valence-corrected chi connectivity index (χ1v) is 8.88. The fraction of sp³-hybridized carbons (Fsp3) is 0.381. The van der Waals surface area contributed by atoms with Gasteiger partial charge >= 0.3 is 0 Å². The van der Waals surface area contributed by atoms with Crippen molar-refractivity contribution in [2.45, 2.75) is 25.4 Å². The van der Waals surface area contributed by atoms with E-state index in [0.717, 1.165) is 31.9 Å². The van der Waals surface area contributed by atoms with Crippen LogP contribution in [0.5, 0.6) is 5.75 Å². The first-order valence-electron chi connectivity index (χ1n) is 8.88. The summed E-state index contributed by atoms with van der Waals surface area (Å²) >= 11 is 0. The third-order valence-electron chi connectivity index (χ3n) is 4.83. The molecule has 1 aliphatic heterocycles. The molecule has 1 aliphatic rings. The van der Waals surface area contributed by atoms with Gasteiger partial charge in [-0.3, -0.25) is 4.90 Å². The summed E-state index contributed by atoms with van der Waals surface area (Å²) in [7, 11) is 1.74. The van der Waals surface area contributed by atoms with Crippen molar-refractivity contribution in [3.8, 4) is 11.8 Å². The SMILES string of the molecule is COc1ccccc1C(CNCc1ccc(C#N)cc1)N1CCCC1. The van der Waals surface area contributed by atoms with Crippen LogP contribution in [0.25, 0.3) is 0 Å². The number of nitrogens with zero attached hydrogens (tertiary/aromatic N) is 2. The van der Waals surface area contributed by atoms with Gasteiger partial charge in [0.2, 0.25) is 0 Å². The Morgan fingerprint density at radius 3 is 2.52 bits per heavy atom. The molecule has 1 unspecified atom stereocenters. The lowest BCUT2D eigenvalue weighted by Crippen LogP contribution is -2.34. The Labute approximate surface area is 150 Å². The molecule has 4 nitrogen and oxygen atoms in total. The minimum Gasteiger partial charge on any atom is -0.496 e. The van der Waals surface area contributed by atoms with Crippen LogP contribution in [0.1, 0.15) is 35.6 Å². The maximum absolute atomic E-state index is 8.89. The number of hydrogen-bond acceptors (Lipinski definition) is 4. The smallest absolute Gasteiger partial charge is 0.123 e. The molecule has 1 saturated heterocycles. The van der Waals surface area contributed by atoms with Crippen LogP contribution in [-0.4, -0.2) is 31.6 Å². The molecule has 130 valence electrons. The third kappa shape index (κ3) is 4.39. The number of likely N-dealkylation sites (tertiary alicyclic amines) is 1. The number of ether oxygens (including phenoxy) is 1. The largest absolute Gasteiger partial charge is 0.496 e. The van der Waals surface area contributed by atoms with E-state index in [1.54, 1.807) is 7.11 Å². The van der Waals surface area contributed by atoms with E-state index in [2.05, 4.69) is 28.4 Å². The second kappa shape index (κ2) is 8.66. The molecule has 3 rings (SSSR count). The lowest BCUT2D eigenvalue weighted by atomic mass is 10.0. The molecule has 2 aromatic carbocycles. The number of methoxy groups -OCH3 is 1. The Bertz CT molecular complexity index is 715. The number of rotatable bonds is 7. The van der Waals surface area contributed by atoms with Gasteiger partial charge in [-0.05, 0) is 49.7 Å². The molecule has 0 aliphatic carbocycles. The van der Waals surface area contributed by atoms with Crippen molar-refractivity contribution in [2.24, 2.45) is 0 Å². The summed E-state index contributed by atoms with van der Waals surface area (Å²) in [4.78, 5) is 2.55. The summed E-state index contributed by atoms with van der Waals surface area (Å²) in [5.74, 6) is 0.958. The van der Waals surface area contributed by atoms with E-state index in [4.69, 9.17) is 10.00 Å². The zero-order chi connectivity index (χ0) is 17.5. The molecule has 25 heavy (non-hydrogen) atoms. The molecule has 4 heteroatoms. The van der Waals surface area contributed by atoms with Gasteiger partial charge in [-0.2, -0.15) is 5.26 Å². The van der Waals surface area contributed by atoms with Gasteiger partial charge in [0, 0.05) is 18.7 Å². The summed E-state index contributed by atoms with van der Waals surface area (Å²) in [5.41, 5.74) is 3.14. The zero-order valence-electron chi connectivity index (χ0n) is 14.7. The second-order valence-corrected chi connectivity index (χ2v) is 6.44. The highest BCUT2D eigenvalue weighted by atomic mass is 16.5. The van der Waals surface area contributed by atoms with E-state index < -0.39 is 0 Å². The molecule has 0 aromatic heterocycles. The molecule has 1 atom stereocenters. The van der Waals surface area contributed by atoms with Crippen LogP contribution >= 0.6 is 0 Å². The summed E-state index contributed by atoms with van der Waals surface area (Å²) in [5, 5.41) is 12.5. The number of hydrogen-bond donors (Lipinski definition) is 1. The summed E-state index contributed by atoms with van der Waals surface area (Å²) < 4.78 is 5.59. The van der Waals surface area contributed by atoms with Gasteiger partial charge in [-0.15, -0.1) is 0 Å². The molecule has 0 radical (unpaired) electrons. The van der Waals surface area contributed by atoms with Crippen molar-refractivity contribution in [3.63, 3.8) is 0 Å². The molecule has 1 N–H and O–H groups in total. The van der Waals surface area contributed by atoms with Crippen molar-refractivity contribution in [1.29, 1.82) is 5.26 Å². The monoisotopic (exact) mass is 335 g/mol. The van der Waals surface area contributed by atoms with Crippen molar-refractivity contribution in [3.05, 3.63) is 65.2 Å². The van der Waals surface area contributed by atoms with Crippen molar-refractivity contribution in [2.75, 3.05) is 26.7 Å². The maximum Gasteiger partial charge on any atom is 0.123 e. The van der Waals surface area contributed by atoms with E-state index in [-0.39, 0.29) is 0 Å². The molecule has 0 saturated carbocycles. The molecule has 1 fully saturated rings. The van der Waals surface area contributed by atoms with E-state index in [9.17, 15) is 0 Å². The molecule has 0 bridgehead atoms. The second-order valence-electron chi connectivity index (χ2n) is 6.44. The lowest BCUT2D eigenvalue weighted by molar-refractivity contribution is 0.232. The minimum absolute atomic E-state index is 0.317. The Morgan fingerprint density at radius 2 is 1.84 bits per heavy atom. The molecular weight excluding hydrogens is 310 g/mol. The standard InChI is InChI=1S/C21H25N3O/c1-25-21-7-3-2-6-19(21)20(24-12-4-5-13-24)16-23-15-18-10-8-17(14-22)9-11-18/h2-3,6-11,20,23H,4-5,12-13,15-16H2,1H3. The average Bonchev–Trinajstić information content (AvgIpc) is 3.20. The number of para-hydroxylation sites is 1. The van der Waals surface area contributed by atoms with Crippen LogP contribution in [0, 0.1) is 11.3 Å². The van der Waals surface area contributed by atoms with Crippen molar-refractivity contribution < 1.29 is 4.74 Å². The highest BCUT2D eigenvalue weighted by Crippen LogP contribution is 2.31. The maximum atomic E-state index is 8.89.